The number of hydrogen-bond acceptors (Lipinski definition) is 5. The quantitative estimate of drug-likeness (QED) is 0.149. The Morgan fingerprint density at radius 2 is 1.77 bits per heavy atom. The molecule has 11 heteroatoms. The highest BCUT2D eigenvalue weighted by molar-refractivity contribution is 7.99. The van der Waals surface area contributed by atoms with Crippen molar-refractivity contribution in [1.29, 1.82) is 0 Å². The van der Waals surface area contributed by atoms with Crippen LogP contribution in [0.2, 0.25) is 0 Å². The third-order valence-corrected chi connectivity index (χ3v) is 9.94. The molecule has 244 valence electrons. The molecule has 0 bridgehead atoms. The van der Waals surface area contributed by atoms with Gasteiger partial charge in [-0.05, 0) is 55.4 Å². The van der Waals surface area contributed by atoms with E-state index in [9.17, 15) is 18.0 Å². The number of thioether (sulfide) groups is 1. The first-order valence-corrected chi connectivity index (χ1v) is 16.1. The van der Waals surface area contributed by atoms with Crippen LogP contribution in [0.25, 0.3) is 22.0 Å². The fourth-order valence-corrected chi connectivity index (χ4v) is 7.65. The summed E-state index contributed by atoms with van der Waals surface area (Å²) in [4.78, 5) is 21.1. The first kappa shape index (κ1) is 32.7. The van der Waals surface area contributed by atoms with E-state index < -0.39 is 40.9 Å². The maximum Gasteiger partial charge on any atom is 0.416 e. The summed E-state index contributed by atoms with van der Waals surface area (Å²) >= 11 is 1.34. The summed E-state index contributed by atoms with van der Waals surface area (Å²) in [7, 11) is 3.24. The standard InChI is InChI=1S/C36H32F5N3O2S/c1-21-26(18-27-28(36(39,40)41)10-7-11-29(27)37)35-44(34(45)32(21)25-9-6-13-31(46-3)33(25)38)24(20-47-35)19-43(2)17-16-23-15-14-22-8-4-5-12-30(22)42-23/h4-15,24H,16-20H2,1-3H3. The molecule has 47 heavy (non-hydrogen) atoms. The van der Waals surface area contributed by atoms with Crippen LogP contribution in [0.4, 0.5) is 22.0 Å². The zero-order valence-corrected chi connectivity index (χ0v) is 26.8. The fourth-order valence-electron chi connectivity index (χ4n) is 6.27. The number of likely N-dealkylation sites (N-methyl/N-ethyl adjacent to an activating group) is 1. The molecule has 1 unspecified atom stereocenters. The lowest BCUT2D eigenvalue weighted by molar-refractivity contribution is -0.138. The van der Waals surface area contributed by atoms with Crippen molar-refractivity contribution in [3.63, 3.8) is 0 Å². The molecule has 1 aliphatic rings. The molecule has 3 aromatic carbocycles. The third-order valence-electron chi connectivity index (χ3n) is 8.67. The Balaban J connectivity index is 1.40. The first-order chi connectivity index (χ1) is 22.5. The van der Waals surface area contributed by atoms with Crippen molar-refractivity contribution in [3.8, 4) is 16.9 Å². The molecule has 0 N–H and O–H groups in total. The normalized spacial score (nSPS) is 14.6. The lowest BCUT2D eigenvalue weighted by atomic mass is 9.92. The van der Waals surface area contributed by atoms with Crippen molar-refractivity contribution < 1.29 is 26.7 Å². The first-order valence-electron chi connectivity index (χ1n) is 15.1. The van der Waals surface area contributed by atoms with Crippen LogP contribution in [0, 0.1) is 18.6 Å². The summed E-state index contributed by atoms with van der Waals surface area (Å²) in [5, 5.41) is 1.52. The van der Waals surface area contributed by atoms with Crippen LogP contribution < -0.4 is 10.3 Å². The molecule has 6 rings (SSSR count). The van der Waals surface area contributed by atoms with Crippen LogP contribution in [0.1, 0.15) is 34.0 Å². The SMILES string of the molecule is COc1cccc(-c2c(C)c(Cc3c(F)cccc3C(F)(F)F)c3n(c2=O)C(CN(C)CCc2ccc4ccccc4n2)CS3)c1F. The number of fused-ring (bicyclic) bond motifs is 2. The fraction of sp³-hybridized carbons (Fsp3) is 0.278. The molecule has 0 radical (unpaired) electrons. The molecule has 0 spiro atoms. The van der Waals surface area contributed by atoms with E-state index in [1.807, 2.05) is 43.4 Å². The van der Waals surface area contributed by atoms with Crippen molar-refractivity contribution >= 4 is 22.7 Å². The number of pyridine rings is 2. The van der Waals surface area contributed by atoms with Gasteiger partial charge in [0.15, 0.2) is 11.6 Å². The molecular weight excluding hydrogens is 633 g/mol. The number of ether oxygens (including phenoxy) is 1. The summed E-state index contributed by atoms with van der Waals surface area (Å²) < 4.78 is 79.6. The van der Waals surface area contributed by atoms with E-state index in [1.54, 1.807) is 17.6 Å². The Labute approximate surface area is 273 Å². The van der Waals surface area contributed by atoms with Gasteiger partial charge in [0.2, 0.25) is 0 Å². The van der Waals surface area contributed by atoms with E-state index >= 15 is 8.78 Å². The Morgan fingerprint density at radius 1 is 1.00 bits per heavy atom. The molecule has 5 aromatic rings. The number of para-hydroxylation sites is 1. The maximum absolute atomic E-state index is 15.7. The van der Waals surface area contributed by atoms with Crippen LogP contribution in [0.5, 0.6) is 5.75 Å². The van der Waals surface area contributed by atoms with Crippen LogP contribution in [-0.2, 0) is 19.0 Å². The summed E-state index contributed by atoms with van der Waals surface area (Å²) in [5.41, 5.74) is 0.402. The largest absolute Gasteiger partial charge is 0.494 e. The molecule has 0 saturated carbocycles. The number of halogens is 5. The topological polar surface area (TPSA) is 47.4 Å². The van der Waals surface area contributed by atoms with Crippen molar-refractivity contribution in [3.05, 3.63) is 123 Å². The average Bonchev–Trinajstić information content (AvgIpc) is 3.46. The van der Waals surface area contributed by atoms with Crippen LogP contribution in [0.15, 0.2) is 82.6 Å². The maximum atomic E-state index is 15.7. The highest BCUT2D eigenvalue weighted by Crippen LogP contribution is 2.42. The molecule has 0 fully saturated rings. The second kappa shape index (κ2) is 13.1. The summed E-state index contributed by atoms with van der Waals surface area (Å²) in [6, 6.07) is 18.8. The minimum absolute atomic E-state index is 0.0144. The number of methoxy groups -OCH3 is 1. The molecule has 1 aliphatic heterocycles. The predicted molar refractivity (Wildman–Crippen MR) is 174 cm³/mol. The highest BCUT2D eigenvalue weighted by Gasteiger charge is 2.37. The molecule has 0 saturated heterocycles. The Kier molecular flexibility index (Phi) is 9.13. The van der Waals surface area contributed by atoms with Crippen LogP contribution >= 0.6 is 11.8 Å². The summed E-state index contributed by atoms with van der Waals surface area (Å²) in [6.07, 6.45) is -4.55. The number of benzene rings is 3. The van der Waals surface area contributed by atoms with E-state index in [4.69, 9.17) is 9.72 Å². The molecule has 0 amide bonds. The van der Waals surface area contributed by atoms with Gasteiger partial charge in [0, 0.05) is 53.9 Å². The van der Waals surface area contributed by atoms with Gasteiger partial charge in [-0.1, -0.05) is 42.5 Å². The predicted octanol–water partition coefficient (Wildman–Crippen LogP) is 8.09. The Morgan fingerprint density at radius 3 is 2.53 bits per heavy atom. The van der Waals surface area contributed by atoms with E-state index in [1.165, 1.54) is 31.0 Å². The van der Waals surface area contributed by atoms with E-state index in [-0.39, 0.29) is 22.9 Å². The lowest BCUT2D eigenvalue weighted by Crippen LogP contribution is -2.35. The van der Waals surface area contributed by atoms with Crippen molar-refractivity contribution in [1.82, 2.24) is 14.5 Å². The summed E-state index contributed by atoms with van der Waals surface area (Å²) in [6.45, 7) is 2.66. The molecular formula is C36H32F5N3O2S. The second-order valence-corrected chi connectivity index (χ2v) is 12.7. The Hall–Kier alpha value is -4.22. The third kappa shape index (κ3) is 6.38. The van der Waals surface area contributed by atoms with Crippen molar-refractivity contribution in [2.24, 2.45) is 0 Å². The van der Waals surface area contributed by atoms with E-state index in [2.05, 4.69) is 4.90 Å². The van der Waals surface area contributed by atoms with E-state index in [0.717, 1.165) is 34.8 Å². The van der Waals surface area contributed by atoms with Gasteiger partial charge in [0.1, 0.15) is 5.82 Å². The minimum atomic E-state index is -4.79. The average molecular weight is 666 g/mol. The summed E-state index contributed by atoms with van der Waals surface area (Å²) in [5.74, 6) is -1.37. The van der Waals surface area contributed by atoms with Gasteiger partial charge in [-0.2, -0.15) is 13.2 Å². The van der Waals surface area contributed by atoms with Gasteiger partial charge in [0.05, 0.1) is 34.8 Å². The lowest BCUT2D eigenvalue weighted by Gasteiger charge is -2.25. The van der Waals surface area contributed by atoms with Gasteiger partial charge in [-0.3, -0.25) is 14.3 Å². The highest BCUT2D eigenvalue weighted by atomic mass is 32.2. The molecule has 1 atom stereocenters. The van der Waals surface area contributed by atoms with Gasteiger partial charge >= 0.3 is 6.18 Å². The number of rotatable bonds is 9. The zero-order valence-electron chi connectivity index (χ0n) is 26.0. The van der Waals surface area contributed by atoms with Gasteiger partial charge in [-0.15, -0.1) is 11.8 Å². The number of hydrogen-bond donors (Lipinski definition) is 0. The molecule has 5 nitrogen and oxygen atoms in total. The van der Waals surface area contributed by atoms with E-state index in [0.29, 0.717) is 41.4 Å². The van der Waals surface area contributed by atoms with Gasteiger partial charge < -0.3 is 9.64 Å². The van der Waals surface area contributed by atoms with Crippen molar-refractivity contribution in [2.45, 2.75) is 37.0 Å². The van der Waals surface area contributed by atoms with Crippen LogP contribution in [0.3, 0.4) is 0 Å². The van der Waals surface area contributed by atoms with Gasteiger partial charge in [-0.25, -0.2) is 8.78 Å². The Bertz CT molecular complexity index is 2030. The molecule has 2 aromatic heterocycles. The van der Waals surface area contributed by atoms with Crippen molar-refractivity contribution in [2.75, 3.05) is 33.0 Å². The number of nitrogens with zero attached hydrogens (tertiary/aromatic N) is 3. The van der Waals surface area contributed by atoms with Gasteiger partial charge in [0.25, 0.3) is 5.56 Å². The molecule has 0 aliphatic carbocycles. The molecule has 3 heterocycles. The zero-order chi connectivity index (χ0) is 33.5. The second-order valence-electron chi connectivity index (χ2n) is 11.7. The smallest absolute Gasteiger partial charge is 0.416 e. The van der Waals surface area contributed by atoms with Crippen LogP contribution in [-0.4, -0.2) is 47.5 Å². The minimum Gasteiger partial charge on any atom is -0.494 e. The number of aromatic nitrogens is 2. The monoisotopic (exact) mass is 665 g/mol. The number of alkyl halides is 3.